The number of aliphatic hydroxyl groups excluding tert-OH is 1. The Bertz CT molecular complexity index is 1140. The number of ketones is 1. The molecule has 1 saturated heterocycles. The van der Waals surface area contributed by atoms with E-state index in [2.05, 4.69) is 25.5 Å². The molecule has 0 spiro atoms. The monoisotopic (exact) mass is 509 g/mol. The molecule has 8 heteroatoms. The summed E-state index contributed by atoms with van der Waals surface area (Å²) in [5.41, 5.74) is 0.668. The molecule has 3 rings (SSSR count). The molecule has 1 aliphatic heterocycles. The summed E-state index contributed by atoms with van der Waals surface area (Å²) in [5.74, 6) is -2.47. The van der Waals surface area contributed by atoms with Crippen LogP contribution in [0.1, 0.15) is 63.1 Å². The lowest BCUT2D eigenvalue weighted by Gasteiger charge is -2.28. The number of benzene rings is 2. The number of hydrogen-bond donors (Lipinski definition) is 1. The predicted molar refractivity (Wildman–Crippen MR) is 143 cm³/mol. The summed E-state index contributed by atoms with van der Waals surface area (Å²) in [7, 11) is 0. The van der Waals surface area contributed by atoms with Crippen LogP contribution in [-0.2, 0) is 9.59 Å². The third-order valence-corrected chi connectivity index (χ3v) is 6.69. The highest BCUT2D eigenvalue weighted by Crippen LogP contribution is 2.42. The van der Waals surface area contributed by atoms with Gasteiger partial charge in [0.25, 0.3) is 11.7 Å². The molecule has 37 heavy (non-hydrogen) atoms. The number of nitrogens with zero attached hydrogens (tertiary/aromatic N) is 3. The lowest BCUT2D eigenvalue weighted by molar-refractivity contribution is -0.350. The fourth-order valence-corrected chi connectivity index (χ4v) is 4.71. The smallest absolute Gasteiger partial charge is 0.295 e. The highest BCUT2D eigenvalue weighted by Gasteiger charge is 2.47. The summed E-state index contributed by atoms with van der Waals surface area (Å²) in [6.07, 6.45) is 4.98. The maximum atomic E-state index is 13.5. The quantitative estimate of drug-likeness (QED) is 0.0745. The van der Waals surface area contributed by atoms with Crippen LogP contribution in [0.25, 0.3) is 5.76 Å². The first-order valence-electron chi connectivity index (χ1n) is 12.9. The van der Waals surface area contributed by atoms with Crippen molar-refractivity contribution in [3.63, 3.8) is 0 Å². The molecule has 1 amide bonds. The topological polar surface area (TPSA) is 86.9 Å². The molecular weight excluding hydrogens is 473 g/mol. The molecule has 1 atom stereocenters. The number of carbonyl (C=O) groups excluding carboxylic acids is 2. The van der Waals surface area contributed by atoms with Crippen molar-refractivity contribution in [3.8, 4) is 0 Å². The van der Waals surface area contributed by atoms with Crippen LogP contribution in [-0.4, -0.2) is 64.2 Å². The third-order valence-electron chi connectivity index (χ3n) is 6.69. The Kier molecular flexibility index (Phi) is 9.97. The van der Waals surface area contributed by atoms with Crippen LogP contribution in [0, 0.1) is 11.0 Å². The molecule has 0 aromatic heterocycles. The maximum absolute atomic E-state index is 13.5. The second-order valence-corrected chi connectivity index (χ2v) is 9.34. The molecule has 1 aliphatic rings. The van der Waals surface area contributed by atoms with Crippen LogP contribution in [0.15, 0.2) is 54.1 Å². The number of aliphatic hydroxyl groups is 1. The van der Waals surface area contributed by atoms with Gasteiger partial charge in [0.1, 0.15) is 18.3 Å². The van der Waals surface area contributed by atoms with Gasteiger partial charge in [-0.05, 0) is 69.2 Å². The van der Waals surface area contributed by atoms with Gasteiger partial charge in [0, 0.05) is 18.2 Å². The molecule has 0 radical (unpaired) electrons. The van der Waals surface area contributed by atoms with Crippen molar-refractivity contribution in [1.82, 2.24) is 9.80 Å². The van der Waals surface area contributed by atoms with Gasteiger partial charge in [0.2, 0.25) is 5.69 Å². The van der Waals surface area contributed by atoms with Crippen molar-refractivity contribution in [1.29, 1.82) is 0 Å². The number of unbranched alkanes of at least 4 members (excludes halogenated alkanes) is 2. The average Bonchev–Trinajstić information content (AvgIpc) is 3.14. The molecule has 1 N–H and O–H groups in total. The van der Waals surface area contributed by atoms with Crippen LogP contribution < -0.4 is 0 Å². The van der Waals surface area contributed by atoms with E-state index in [0.717, 1.165) is 45.3 Å². The van der Waals surface area contributed by atoms with E-state index in [1.54, 1.807) is 24.3 Å². The third kappa shape index (κ3) is 6.63. The minimum absolute atomic E-state index is 0.125. The van der Waals surface area contributed by atoms with E-state index in [4.69, 9.17) is 0 Å². The summed E-state index contributed by atoms with van der Waals surface area (Å²) in [6, 6.07) is 10.7. The lowest BCUT2D eigenvalue weighted by Crippen LogP contribution is -2.34. The Balaban J connectivity index is 1.99. The zero-order chi connectivity index (χ0) is 26.9. The van der Waals surface area contributed by atoms with Crippen LogP contribution in [0.2, 0.25) is 0 Å². The molecular formula is C29H36FN3O4. The molecule has 0 aliphatic carbocycles. The lowest BCUT2D eigenvalue weighted by atomic mass is 9.94. The van der Waals surface area contributed by atoms with E-state index in [9.17, 15) is 24.3 Å². The number of carbonyl (C=O) groups is 2. The van der Waals surface area contributed by atoms with E-state index in [1.807, 2.05) is 0 Å². The fraction of sp³-hybridized carbons (Fsp3) is 0.414. The first kappa shape index (κ1) is 28.1. The standard InChI is InChI=1S/C29H36FN3O4/c1-4-6-17-32(18-7-5-2)19-10-20-33-26(23-11-8-9-12-24(23)31(3)37)25(28(35)29(33)36)27(34)21-13-15-22(30)16-14-21/h8-9,11-16,26,34H,3-7,10,17-20H2,1-2H3/b27-25-. The van der Waals surface area contributed by atoms with Gasteiger partial charge in [0.05, 0.1) is 17.2 Å². The van der Waals surface area contributed by atoms with Crippen molar-refractivity contribution in [3.05, 3.63) is 76.3 Å². The van der Waals surface area contributed by atoms with Gasteiger partial charge >= 0.3 is 0 Å². The molecule has 0 bridgehead atoms. The van der Waals surface area contributed by atoms with Crippen LogP contribution in [0.4, 0.5) is 10.1 Å². The Morgan fingerprint density at radius 3 is 2.22 bits per heavy atom. The van der Waals surface area contributed by atoms with Gasteiger partial charge in [-0.1, -0.05) is 38.8 Å². The van der Waals surface area contributed by atoms with Crippen molar-refractivity contribution < 1.29 is 23.8 Å². The molecule has 2 aromatic rings. The van der Waals surface area contributed by atoms with Crippen LogP contribution in [0.5, 0.6) is 0 Å². The molecule has 2 aromatic carbocycles. The highest BCUT2D eigenvalue weighted by atomic mass is 19.1. The highest BCUT2D eigenvalue weighted by molar-refractivity contribution is 6.46. The van der Waals surface area contributed by atoms with E-state index in [0.29, 0.717) is 16.7 Å². The van der Waals surface area contributed by atoms with Crippen LogP contribution in [0.3, 0.4) is 0 Å². The first-order valence-corrected chi connectivity index (χ1v) is 12.9. The van der Waals surface area contributed by atoms with Gasteiger partial charge in [-0.15, -0.1) is 0 Å². The second kappa shape index (κ2) is 13.1. The van der Waals surface area contributed by atoms with Crippen molar-refractivity contribution in [2.45, 2.75) is 52.0 Å². The number of amides is 1. The van der Waals surface area contributed by atoms with E-state index in [1.165, 1.54) is 29.2 Å². The Hall–Kier alpha value is -3.52. The number of rotatable bonds is 13. The predicted octanol–water partition coefficient (Wildman–Crippen LogP) is 5.38. The van der Waals surface area contributed by atoms with E-state index in [-0.39, 0.29) is 23.4 Å². The normalized spacial score (nSPS) is 17.1. The number of para-hydroxylation sites is 1. The summed E-state index contributed by atoms with van der Waals surface area (Å²) in [5, 5.41) is 23.4. The zero-order valence-corrected chi connectivity index (χ0v) is 21.7. The second-order valence-electron chi connectivity index (χ2n) is 9.34. The van der Waals surface area contributed by atoms with Crippen LogP contribution >= 0.6 is 0 Å². The fourth-order valence-electron chi connectivity index (χ4n) is 4.71. The van der Waals surface area contributed by atoms with Gasteiger partial charge in [-0.2, -0.15) is 4.74 Å². The number of Topliss-reactive ketones (excluding diaryl/α,β-unsaturated/α-hetero) is 1. The maximum Gasteiger partial charge on any atom is 0.295 e. The number of hydrogen-bond acceptors (Lipinski definition) is 5. The summed E-state index contributed by atoms with van der Waals surface area (Å²) in [6.45, 7) is 10.7. The molecule has 1 heterocycles. The van der Waals surface area contributed by atoms with E-state index >= 15 is 0 Å². The number of likely N-dealkylation sites (tertiary alicyclic amines) is 1. The van der Waals surface area contributed by atoms with Crippen molar-refractivity contribution >= 4 is 29.9 Å². The minimum atomic E-state index is -0.973. The molecule has 7 nitrogen and oxygen atoms in total. The first-order chi connectivity index (χ1) is 17.8. The Labute approximate surface area is 218 Å². The molecule has 198 valence electrons. The van der Waals surface area contributed by atoms with Gasteiger partial charge < -0.3 is 20.1 Å². The van der Waals surface area contributed by atoms with Gasteiger partial charge in [-0.3, -0.25) is 9.59 Å². The van der Waals surface area contributed by atoms with Gasteiger partial charge in [-0.25, -0.2) is 4.39 Å². The zero-order valence-electron chi connectivity index (χ0n) is 21.7. The van der Waals surface area contributed by atoms with Gasteiger partial charge in [0.15, 0.2) is 0 Å². The Morgan fingerprint density at radius 1 is 1.03 bits per heavy atom. The van der Waals surface area contributed by atoms with Crippen molar-refractivity contribution in [2.24, 2.45) is 0 Å². The largest absolute Gasteiger partial charge is 0.619 e. The van der Waals surface area contributed by atoms with Crippen molar-refractivity contribution in [2.75, 3.05) is 26.2 Å². The minimum Gasteiger partial charge on any atom is -0.619 e. The SMILES string of the molecule is C=[N+]([O-])c1ccccc1C1/C(=C(/O)c2ccc(F)cc2)C(=O)C(=O)N1CCCN(CCCC)CCCC. The Morgan fingerprint density at radius 2 is 1.62 bits per heavy atom. The molecule has 1 unspecified atom stereocenters. The number of halogens is 1. The summed E-state index contributed by atoms with van der Waals surface area (Å²) < 4.78 is 13.9. The molecule has 1 fully saturated rings. The summed E-state index contributed by atoms with van der Waals surface area (Å²) in [4.78, 5) is 30.3. The average molecular weight is 510 g/mol. The summed E-state index contributed by atoms with van der Waals surface area (Å²) >= 11 is 0. The van der Waals surface area contributed by atoms with E-state index < -0.39 is 29.3 Å². The molecule has 0 saturated carbocycles.